The van der Waals surface area contributed by atoms with E-state index in [-0.39, 0.29) is 24.4 Å². The van der Waals surface area contributed by atoms with Crippen LogP contribution in [0.3, 0.4) is 0 Å². The van der Waals surface area contributed by atoms with E-state index >= 15 is 0 Å². The predicted molar refractivity (Wildman–Crippen MR) is 129 cm³/mol. The predicted octanol–water partition coefficient (Wildman–Crippen LogP) is 2.55. The van der Waals surface area contributed by atoms with Crippen LogP contribution in [-0.2, 0) is 19.7 Å². The van der Waals surface area contributed by atoms with Gasteiger partial charge in [-0.3, -0.25) is 19.0 Å². The van der Waals surface area contributed by atoms with Crippen LogP contribution in [0.25, 0.3) is 16.4 Å². The van der Waals surface area contributed by atoms with E-state index in [0.29, 0.717) is 17.0 Å². The number of aliphatic hydroxyl groups excluding tert-OH is 1. The number of benzene rings is 1. The van der Waals surface area contributed by atoms with E-state index in [4.69, 9.17) is 0 Å². The number of amides is 1. The van der Waals surface area contributed by atoms with Crippen molar-refractivity contribution in [1.82, 2.24) is 25.0 Å². The molecule has 34 heavy (non-hydrogen) atoms. The Kier molecular flexibility index (Phi) is 6.33. The largest absolute Gasteiger partial charge is 0.390 e. The second-order valence-electron chi connectivity index (χ2n) is 8.79. The first-order valence-electron chi connectivity index (χ1n) is 11.6. The highest BCUT2D eigenvalue weighted by Crippen LogP contribution is 2.25. The van der Waals surface area contributed by atoms with E-state index in [1.807, 2.05) is 12.1 Å². The fourth-order valence-electron chi connectivity index (χ4n) is 4.31. The highest BCUT2D eigenvalue weighted by Gasteiger charge is 2.16. The first-order valence-corrected chi connectivity index (χ1v) is 11.6. The molecule has 0 atom stereocenters. The number of carbonyl (C=O) groups is 1. The standard InChI is InChI=1S/C26H27N5O3/c32-16-23-21-8-7-18(14-27-13-17-4-3-5-17)10-19(21)11-20(29-23)15-28-26(34)22-12-25(33)31-9-2-1-6-24(31)30-22/h1-2,6-12,17,27,32H,3-5,13-16H2,(H,28,34). The minimum Gasteiger partial charge on any atom is -0.390 e. The van der Waals surface area contributed by atoms with Gasteiger partial charge in [0.05, 0.1) is 24.5 Å². The average Bonchev–Trinajstić information content (AvgIpc) is 2.83. The number of nitrogens with zero attached hydrogens (tertiary/aromatic N) is 3. The fourth-order valence-corrected chi connectivity index (χ4v) is 4.31. The third-order valence-corrected chi connectivity index (χ3v) is 6.40. The molecule has 1 aliphatic carbocycles. The van der Waals surface area contributed by atoms with Crippen LogP contribution in [0.15, 0.2) is 59.5 Å². The number of nitrogens with one attached hydrogen (secondary N) is 2. The highest BCUT2D eigenvalue weighted by atomic mass is 16.3. The van der Waals surface area contributed by atoms with Crippen LogP contribution < -0.4 is 16.2 Å². The molecular weight excluding hydrogens is 430 g/mol. The summed E-state index contributed by atoms with van der Waals surface area (Å²) in [5.74, 6) is 0.346. The Hall–Kier alpha value is -3.62. The molecule has 3 heterocycles. The summed E-state index contributed by atoms with van der Waals surface area (Å²) in [6.07, 6.45) is 5.58. The van der Waals surface area contributed by atoms with E-state index in [9.17, 15) is 14.7 Å². The summed E-state index contributed by atoms with van der Waals surface area (Å²) in [4.78, 5) is 33.7. The van der Waals surface area contributed by atoms with Gasteiger partial charge in [-0.25, -0.2) is 4.98 Å². The minimum atomic E-state index is -0.454. The molecule has 0 unspecified atom stereocenters. The number of carbonyl (C=O) groups excluding carboxylic acids is 1. The van der Waals surface area contributed by atoms with Crippen molar-refractivity contribution < 1.29 is 9.90 Å². The van der Waals surface area contributed by atoms with Crippen molar-refractivity contribution >= 4 is 22.3 Å². The Morgan fingerprint density at radius 1 is 1.09 bits per heavy atom. The van der Waals surface area contributed by atoms with Crippen LogP contribution in [0, 0.1) is 5.92 Å². The summed E-state index contributed by atoms with van der Waals surface area (Å²) >= 11 is 0. The average molecular weight is 458 g/mol. The fraction of sp³-hybridized carbons (Fsp3) is 0.308. The van der Waals surface area contributed by atoms with Gasteiger partial charge in [-0.1, -0.05) is 24.6 Å². The second-order valence-corrected chi connectivity index (χ2v) is 8.79. The molecule has 0 radical (unpaired) electrons. The number of aliphatic hydroxyl groups is 1. The molecule has 1 fully saturated rings. The van der Waals surface area contributed by atoms with Gasteiger partial charge < -0.3 is 15.7 Å². The molecule has 1 aliphatic rings. The van der Waals surface area contributed by atoms with E-state index in [2.05, 4.69) is 32.7 Å². The van der Waals surface area contributed by atoms with E-state index < -0.39 is 5.91 Å². The van der Waals surface area contributed by atoms with Gasteiger partial charge in [0.1, 0.15) is 11.3 Å². The number of hydrogen-bond donors (Lipinski definition) is 3. The Labute approximate surface area is 196 Å². The minimum absolute atomic E-state index is 0.0548. The quantitative estimate of drug-likeness (QED) is 0.375. The number of hydrogen-bond acceptors (Lipinski definition) is 6. The zero-order valence-corrected chi connectivity index (χ0v) is 18.8. The summed E-state index contributed by atoms with van der Waals surface area (Å²) in [5, 5.41) is 18.0. The number of aromatic nitrogens is 3. The maximum absolute atomic E-state index is 12.7. The maximum atomic E-state index is 12.7. The number of fused-ring (bicyclic) bond motifs is 2. The molecule has 0 saturated heterocycles. The Bertz CT molecular complexity index is 1410. The molecule has 1 aromatic carbocycles. The number of rotatable bonds is 8. The van der Waals surface area contributed by atoms with Gasteiger partial charge in [0.2, 0.25) is 0 Å². The monoisotopic (exact) mass is 457 g/mol. The van der Waals surface area contributed by atoms with Gasteiger partial charge in [-0.2, -0.15) is 0 Å². The second kappa shape index (κ2) is 9.70. The molecule has 1 amide bonds. The van der Waals surface area contributed by atoms with Gasteiger partial charge in [0, 0.05) is 24.2 Å². The molecule has 8 heteroatoms. The summed E-state index contributed by atoms with van der Waals surface area (Å²) in [5.41, 5.74) is 2.50. The lowest BCUT2D eigenvalue weighted by atomic mass is 9.85. The molecule has 0 bridgehead atoms. The molecule has 8 nitrogen and oxygen atoms in total. The van der Waals surface area contributed by atoms with Gasteiger partial charge in [-0.15, -0.1) is 0 Å². The van der Waals surface area contributed by atoms with Crippen LogP contribution in [0.1, 0.15) is 46.7 Å². The topological polar surface area (TPSA) is 109 Å². The molecule has 4 aromatic rings. The van der Waals surface area contributed by atoms with Crippen molar-refractivity contribution in [3.8, 4) is 0 Å². The van der Waals surface area contributed by atoms with Crippen LogP contribution in [-0.4, -0.2) is 31.9 Å². The number of pyridine rings is 2. The third-order valence-electron chi connectivity index (χ3n) is 6.40. The van der Waals surface area contributed by atoms with Crippen LogP contribution >= 0.6 is 0 Å². The van der Waals surface area contributed by atoms with E-state index in [0.717, 1.165) is 35.3 Å². The lowest BCUT2D eigenvalue weighted by Crippen LogP contribution is -2.27. The van der Waals surface area contributed by atoms with Gasteiger partial charge in [0.25, 0.3) is 11.5 Å². The van der Waals surface area contributed by atoms with Crippen molar-refractivity contribution in [2.24, 2.45) is 5.92 Å². The summed E-state index contributed by atoms with van der Waals surface area (Å²) < 4.78 is 1.38. The molecule has 1 saturated carbocycles. The SMILES string of the molecule is O=C(NCc1cc2cc(CNCC3CCC3)ccc2c(CO)n1)c1cc(=O)n2ccccc2n1. The molecule has 174 valence electrons. The summed E-state index contributed by atoms with van der Waals surface area (Å²) in [6, 6.07) is 14.5. The summed E-state index contributed by atoms with van der Waals surface area (Å²) in [7, 11) is 0. The van der Waals surface area contributed by atoms with Crippen LogP contribution in [0.5, 0.6) is 0 Å². The smallest absolute Gasteiger partial charge is 0.270 e. The van der Waals surface area contributed by atoms with Crippen molar-refractivity contribution in [2.45, 2.75) is 39.0 Å². The lowest BCUT2D eigenvalue weighted by molar-refractivity contribution is 0.0945. The van der Waals surface area contributed by atoms with Crippen molar-refractivity contribution in [1.29, 1.82) is 0 Å². The zero-order chi connectivity index (χ0) is 23.5. The van der Waals surface area contributed by atoms with Crippen molar-refractivity contribution in [3.05, 3.63) is 87.7 Å². The first-order chi connectivity index (χ1) is 16.6. The molecule has 3 aromatic heterocycles. The van der Waals surface area contributed by atoms with E-state index in [1.165, 1.54) is 29.7 Å². The highest BCUT2D eigenvalue weighted by molar-refractivity contribution is 5.92. The molecule has 0 spiro atoms. The normalized spacial score (nSPS) is 13.8. The third kappa shape index (κ3) is 4.69. The summed E-state index contributed by atoms with van der Waals surface area (Å²) in [6.45, 7) is 1.79. The Balaban J connectivity index is 1.32. The van der Waals surface area contributed by atoms with Gasteiger partial charge in [-0.05, 0) is 60.5 Å². The van der Waals surface area contributed by atoms with Crippen molar-refractivity contribution in [3.63, 3.8) is 0 Å². The van der Waals surface area contributed by atoms with Crippen LogP contribution in [0.2, 0.25) is 0 Å². The Morgan fingerprint density at radius 3 is 2.76 bits per heavy atom. The Morgan fingerprint density at radius 2 is 1.97 bits per heavy atom. The van der Waals surface area contributed by atoms with Gasteiger partial charge >= 0.3 is 0 Å². The van der Waals surface area contributed by atoms with E-state index in [1.54, 1.807) is 24.4 Å². The molecule has 5 rings (SSSR count). The zero-order valence-electron chi connectivity index (χ0n) is 18.8. The first kappa shape index (κ1) is 22.2. The lowest BCUT2D eigenvalue weighted by Gasteiger charge is -2.25. The van der Waals surface area contributed by atoms with Crippen LogP contribution in [0.4, 0.5) is 0 Å². The van der Waals surface area contributed by atoms with Gasteiger partial charge in [0.15, 0.2) is 0 Å². The van der Waals surface area contributed by atoms with Crippen molar-refractivity contribution in [2.75, 3.05) is 6.54 Å². The molecular formula is C26H27N5O3. The molecule has 3 N–H and O–H groups in total. The maximum Gasteiger partial charge on any atom is 0.270 e. The molecule has 0 aliphatic heterocycles.